The number of carbonyl (C=O) groups is 1. The predicted octanol–water partition coefficient (Wildman–Crippen LogP) is 1.50. The fraction of sp³-hybridized carbons (Fsp3) is 0.300. The number of carbonyl (C=O) groups excluding carboxylic acids is 1. The first-order chi connectivity index (χ1) is 7.13. The minimum Gasteiger partial charge on any atom is -0.469 e. The van der Waals surface area contributed by atoms with Crippen LogP contribution in [0.5, 0.6) is 0 Å². The average molecular weight is 230 g/mol. The van der Waals surface area contributed by atoms with E-state index in [2.05, 4.69) is 4.74 Å². The van der Waals surface area contributed by atoms with Gasteiger partial charge in [-0.05, 0) is 24.3 Å². The predicted molar refractivity (Wildman–Crippen MR) is 54.3 cm³/mol. The van der Waals surface area contributed by atoms with E-state index in [9.17, 15) is 13.4 Å². The van der Waals surface area contributed by atoms with Crippen LogP contribution in [0, 0.1) is 5.82 Å². The molecule has 1 aromatic rings. The Labute approximate surface area is 89.7 Å². The highest BCUT2D eigenvalue weighted by Gasteiger charge is 2.07. The lowest BCUT2D eigenvalue weighted by atomic mass is 10.4. The third-order valence-electron chi connectivity index (χ3n) is 1.80. The molecule has 0 fully saturated rings. The van der Waals surface area contributed by atoms with Crippen molar-refractivity contribution in [3.05, 3.63) is 30.1 Å². The molecule has 0 spiro atoms. The molecule has 0 amide bonds. The number of methoxy groups -OCH3 is 1. The highest BCUT2D eigenvalue weighted by atomic mass is 32.2. The van der Waals surface area contributed by atoms with Crippen molar-refractivity contribution in [1.82, 2.24) is 0 Å². The Balaban J connectivity index is 2.54. The molecule has 0 aliphatic heterocycles. The number of rotatable bonds is 4. The maximum absolute atomic E-state index is 12.5. The van der Waals surface area contributed by atoms with Gasteiger partial charge in [-0.2, -0.15) is 0 Å². The van der Waals surface area contributed by atoms with Crippen molar-refractivity contribution in [3.8, 4) is 0 Å². The number of hydrogen-bond donors (Lipinski definition) is 0. The van der Waals surface area contributed by atoms with E-state index in [0.29, 0.717) is 4.90 Å². The zero-order valence-electron chi connectivity index (χ0n) is 8.23. The molecule has 0 saturated carbocycles. The summed E-state index contributed by atoms with van der Waals surface area (Å²) in [6.45, 7) is 0. The number of esters is 1. The van der Waals surface area contributed by atoms with Gasteiger partial charge in [0.15, 0.2) is 0 Å². The second kappa shape index (κ2) is 5.60. The molecule has 1 atom stereocenters. The van der Waals surface area contributed by atoms with Crippen molar-refractivity contribution in [2.45, 2.75) is 11.3 Å². The van der Waals surface area contributed by atoms with Crippen molar-refractivity contribution < 1.29 is 18.1 Å². The molecule has 5 heteroatoms. The van der Waals surface area contributed by atoms with Crippen molar-refractivity contribution >= 4 is 16.8 Å². The molecule has 15 heavy (non-hydrogen) atoms. The summed E-state index contributed by atoms with van der Waals surface area (Å²) >= 11 is 0. The Kier molecular flexibility index (Phi) is 4.42. The lowest BCUT2D eigenvalue weighted by molar-refractivity contribution is -0.140. The smallest absolute Gasteiger partial charge is 0.306 e. The number of halogens is 1. The Hall–Kier alpha value is -1.23. The van der Waals surface area contributed by atoms with Gasteiger partial charge in [-0.3, -0.25) is 9.00 Å². The monoisotopic (exact) mass is 230 g/mol. The molecule has 1 unspecified atom stereocenters. The number of ether oxygens (including phenoxy) is 1. The second-order valence-electron chi connectivity index (χ2n) is 2.83. The SMILES string of the molecule is COC(=O)CCS(=O)c1ccc(F)cc1. The van der Waals surface area contributed by atoms with Gasteiger partial charge in [0.2, 0.25) is 0 Å². The average Bonchev–Trinajstić information content (AvgIpc) is 2.26. The topological polar surface area (TPSA) is 43.4 Å². The van der Waals surface area contributed by atoms with E-state index in [4.69, 9.17) is 0 Å². The molecule has 0 aliphatic carbocycles. The molecule has 0 N–H and O–H groups in total. The van der Waals surface area contributed by atoms with Crippen LogP contribution in [0.15, 0.2) is 29.2 Å². The van der Waals surface area contributed by atoms with Crippen molar-refractivity contribution in [1.29, 1.82) is 0 Å². The van der Waals surface area contributed by atoms with Gasteiger partial charge < -0.3 is 4.74 Å². The molecule has 0 saturated heterocycles. The van der Waals surface area contributed by atoms with E-state index in [1.165, 1.54) is 31.4 Å². The van der Waals surface area contributed by atoms with E-state index in [1.54, 1.807) is 0 Å². The molecule has 82 valence electrons. The maximum atomic E-state index is 12.5. The quantitative estimate of drug-likeness (QED) is 0.736. The summed E-state index contributed by atoms with van der Waals surface area (Å²) < 4.78 is 28.5. The molecule has 0 aromatic heterocycles. The molecule has 3 nitrogen and oxygen atoms in total. The summed E-state index contributed by atoms with van der Waals surface area (Å²) in [5, 5.41) is 0. The van der Waals surface area contributed by atoms with Crippen LogP contribution in [0.25, 0.3) is 0 Å². The second-order valence-corrected chi connectivity index (χ2v) is 4.40. The molecule has 1 rings (SSSR count). The number of hydrogen-bond acceptors (Lipinski definition) is 3. The Morgan fingerprint density at radius 1 is 1.40 bits per heavy atom. The summed E-state index contributed by atoms with van der Waals surface area (Å²) in [5.41, 5.74) is 0. The largest absolute Gasteiger partial charge is 0.469 e. The van der Waals surface area contributed by atoms with Crippen LogP contribution in [-0.4, -0.2) is 23.0 Å². The van der Waals surface area contributed by atoms with Gasteiger partial charge >= 0.3 is 5.97 Å². The zero-order chi connectivity index (χ0) is 11.3. The van der Waals surface area contributed by atoms with E-state index < -0.39 is 16.8 Å². The third kappa shape index (κ3) is 3.79. The molecule has 0 bridgehead atoms. The minimum absolute atomic E-state index is 0.0977. The van der Waals surface area contributed by atoms with E-state index in [1.807, 2.05) is 0 Å². The summed E-state index contributed by atoms with van der Waals surface area (Å²) in [6.07, 6.45) is 0.0977. The molecule has 0 aliphatic rings. The molecule has 1 aromatic carbocycles. The lowest BCUT2D eigenvalue weighted by Gasteiger charge is -2.01. The van der Waals surface area contributed by atoms with E-state index in [-0.39, 0.29) is 18.0 Å². The highest BCUT2D eigenvalue weighted by molar-refractivity contribution is 7.85. The van der Waals surface area contributed by atoms with Crippen molar-refractivity contribution in [3.63, 3.8) is 0 Å². The Morgan fingerprint density at radius 3 is 2.53 bits per heavy atom. The van der Waals surface area contributed by atoms with Gasteiger partial charge in [0.1, 0.15) is 5.82 Å². The fourth-order valence-corrected chi connectivity index (χ4v) is 2.01. The van der Waals surface area contributed by atoms with Crippen LogP contribution in [0.2, 0.25) is 0 Å². The normalized spacial score (nSPS) is 12.1. The summed E-state index contributed by atoms with van der Waals surface area (Å²) in [5.74, 6) is -0.577. The van der Waals surface area contributed by atoms with Crippen LogP contribution in [0.3, 0.4) is 0 Å². The van der Waals surface area contributed by atoms with Crippen LogP contribution in [-0.2, 0) is 20.3 Å². The van der Waals surface area contributed by atoms with E-state index >= 15 is 0 Å². The van der Waals surface area contributed by atoms with Crippen LogP contribution in [0.1, 0.15) is 6.42 Å². The lowest BCUT2D eigenvalue weighted by Crippen LogP contribution is -2.07. The summed E-state index contributed by atoms with van der Waals surface area (Å²) in [4.78, 5) is 11.3. The van der Waals surface area contributed by atoms with Gasteiger partial charge in [0, 0.05) is 10.6 Å². The van der Waals surface area contributed by atoms with Crippen LogP contribution < -0.4 is 0 Å². The fourth-order valence-electron chi connectivity index (χ4n) is 0.982. The van der Waals surface area contributed by atoms with Gasteiger partial charge in [0.25, 0.3) is 0 Å². The molecule has 0 heterocycles. The first-order valence-electron chi connectivity index (χ1n) is 4.34. The first-order valence-corrected chi connectivity index (χ1v) is 5.66. The molecule has 0 radical (unpaired) electrons. The molecular formula is C10H11FO3S. The summed E-state index contributed by atoms with van der Waals surface area (Å²) in [7, 11) is -0.000458. The van der Waals surface area contributed by atoms with Crippen LogP contribution >= 0.6 is 0 Å². The summed E-state index contributed by atoms with van der Waals surface area (Å²) in [6, 6.07) is 5.38. The first kappa shape index (κ1) is 11.8. The highest BCUT2D eigenvalue weighted by Crippen LogP contribution is 2.08. The van der Waals surface area contributed by atoms with Gasteiger partial charge in [-0.1, -0.05) is 0 Å². The van der Waals surface area contributed by atoms with Gasteiger partial charge in [0.05, 0.1) is 24.3 Å². The van der Waals surface area contributed by atoms with Crippen molar-refractivity contribution in [2.75, 3.05) is 12.9 Å². The molecular weight excluding hydrogens is 219 g/mol. The van der Waals surface area contributed by atoms with Crippen LogP contribution in [0.4, 0.5) is 4.39 Å². The third-order valence-corrected chi connectivity index (χ3v) is 3.17. The Morgan fingerprint density at radius 2 is 2.00 bits per heavy atom. The van der Waals surface area contributed by atoms with Gasteiger partial charge in [-0.25, -0.2) is 4.39 Å². The van der Waals surface area contributed by atoms with Crippen molar-refractivity contribution in [2.24, 2.45) is 0 Å². The Bertz CT molecular complexity index is 361. The van der Waals surface area contributed by atoms with Gasteiger partial charge in [-0.15, -0.1) is 0 Å². The zero-order valence-corrected chi connectivity index (χ0v) is 9.05. The standard InChI is InChI=1S/C10H11FO3S/c1-14-10(12)6-7-15(13)9-4-2-8(11)3-5-9/h2-5H,6-7H2,1H3. The van der Waals surface area contributed by atoms with E-state index in [0.717, 1.165) is 0 Å². The number of benzene rings is 1. The maximum Gasteiger partial charge on any atom is 0.306 e. The minimum atomic E-state index is -1.28.